The van der Waals surface area contributed by atoms with Crippen LogP contribution in [0.1, 0.15) is 29.4 Å². The molecule has 0 saturated carbocycles. The molecule has 0 bridgehead atoms. The molecule has 0 saturated heterocycles. The van der Waals surface area contributed by atoms with Gasteiger partial charge in [0.1, 0.15) is 0 Å². The quantitative estimate of drug-likeness (QED) is 0.297. The van der Waals surface area contributed by atoms with Gasteiger partial charge in [0, 0.05) is 12.2 Å². The number of H-pyrrole nitrogens is 1. The van der Waals surface area contributed by atoms with Crippen molar-refractivity contribution < 1.29 is 10.0 Å². The first-order chi connectivity index (χ1) is 8.10. The van der Waals surface area contributed by atoms with Gasteiger partial charge in [-0.1, -0.05) is 12.1 Å². The molecule has 1 amide bonds. The first kappa shape index (κ1) is 13.0. The van der Waals surface area contributed by atoms with Crippen LogP contribution in [-0.2, 0) is 0 Å². The molecule has 0 aliphatic carbocycles. The van der Waals surface area contributed by atoms with E-state index in [0.29, 0.717) is 17.8 Å². The van der Waals surface area contributed by atoms with Crippen molar-refractivity contribution in [1.82, 2.24) is 15.1 Å². The van der Waals surface area contributed by atoms with E-state index in [1.165, 1.54) is 11.1 Å². The standard InChI is InChI=1S/C10H17N5O2/c1-3-4-15(6-9(11)14-17)10(16)8-5-12-13-7(8)2/h5,17H,3-4,6H2,1-2H3,(H2,11,14)(H,12,13). The Morgan fingerprint density at radius 2 is 2.41 bits per heavy atom. The molecule has 1 aromatic rings. The van der Waals surface area contributed by atoms with Crippen LogP contribution in [0.25, 0.3) is 0 Å². The van der Waals surface area contributed by atoms with E-state index in [2.05, 4.69) is 15.4 Å². The third kappa shape index (κ3) is 3.20. The van der Waals surface area contributed by atoms with Crippen molar-refractivity contribution >= 4 is 11.7 Å². The van der Waals surface area contributed by atoms with Crippen LogP contribution in [0.2, 0.25) is 0 Å². The smallest absolute Gasteiger partial charge is 0.257 e. The predicted octanol–water partition coefficient (Wildman–Crippen LogP) is 0.317. The Morgan fingerprint density at radius 1 is 1.71 bits per heavy atom. The molecule has 0 aliphatic rings. The zero-order valence-corrected chi connectivity index (χ0v) is 9.97. The topological polar surface area (TPSA) is 108 Å². The molecule has 7 heteroatoms. The Morgan fingerprint density at radius 3 is 2.88 bits per heavy atom. The molecule has 0 radical (unpaired) electrons. The average molecular weight is 239 g/mol. The summed E-state index contributed by atoms with van der Waals surface area (Å²) in [7, 11) is 0. The van der Waals surface area contributed by atoms with Gasteiger partial charge >= 0.3 is 0 Å². The number of aryl methyl sites for hydroxylation is 1. The summed E-state index contributed by atoms with van der Waals surface area (Å²) in [6, 6.07) is 0. The van der Waals surface area contributed by atoms with Gasteiger partial charge in [-0.3, -0.25) is 9.89 Å². The minimum Gasteiger partial charge on any atom is -0.409 e. The monoisotopic (exact) mass is 239 g/mol. The van der Waals surface area contributed by atoms with Crippen molar-refractivity contribution in [2.24, 2.45) is 10.9 Å². The number of hydrogen-bond donors (Lipinski definition) is 3. The lowest BCUT2D eigenvalue weighted by atomic mass is 10.2. The fraction of sp³-hybridized carbons (Fsp3) is 0.500. The van der Waals surface area contributed by atoms with Crippen molar-refractivity contribution in [3.63, 3.8) is 0 Å². The molecule has 0 spiro atoms. The molecule has 17 heavy (non-hydrogen) atoms. The summed E-state index contributed by atoms with van der Waals surface area (Å²) in [5.74, 6) is -0.169. The lowest BCUT2D eigenvalue weighted by Gasteiger charge is -2.20. The molecule has 4 N–H and O–H groups in total. The zero-order chi connectivity index (χ0) is 12.8. The summed E-state index contributed by atoms with van der Waals surface area (Å²) in [4.78, 5) is 13.7. The second-order valence-corrected chi connectivity index (χ2v) is 3.73. The lowest BCUT2D eigenvalue weighted by Crippen LogP contribution is -2.39. The van der Waals surface area contributed by atoms with E-state index >= 15 is 0 Å². The van der Waals surface area contributed by atoms with Gasteiger partial charge in [0.15, 0.2) is 5.84 Å². The molecular formula is C10H17N5O2. The highest BCUT2D eigenvalue weighted by Gasteiger charge is 2.19. The fourth-order valence-corrected chi connectivity index (χ4v) is 1.49. The summed E-state index contributed by atoms with van der Waals surface area (Å²) in [6.07, 6.45) is 2.27. The van der Waals surface area contributed by atoms with Crippen LogP contribution in [0.3, 0.4) is 0 Å². The number of carbonyl (C=O) groups is 1. The summed E-state index contributed by atoms with van der Waals surface area (Å²) in [6.45, 7) is 4.37. The van der Waals surface area contributed by atoms with Crippen LogP contribution in [0.5, 0.6) is 0 Å². The summed E-state index contributed by atoms with van der Waals surface area (Å²) >= 11 is 0. The molecular weight excluding hydrogens is 222 g/mol. The molecule has 0 unspecified atom stereocenters. The summed E-state index contributed by atoms with van der Waals surface area (Å²) < 4.78 is 0. The number of amidine groups is 1. The highest BCUT2D eigenvalue weighted by molar-refractivity contribution is 5.97. The third-order valence-corrected chi connectivity index (χ3v) is 2.32. The van der Waals surface area contributed by atoms with E-state index in [1.54, 1.807) is 6.92 Å². The van der Waals surface area contributed by atoms with E-state index in [0.717, 1.165) is 6.42 Å². The first-order valence-electron chi connectivity index (χ1n) is 5.35. The van der Waals surface area contributed by atoms with Gasteiger partial charge in [0.25, 0.3) is 5.91 Å². The molecule has 94 valence electrons. The maximum absolute atomic E-state index is 12.1. The number of aromatic nitrogens is 2. The molecule has 0 aromatic carbocycles. The van der Waals surface area contributed by atoms with Gasteiger partial charge in [0.2, 0.25) is 0 Å². The van der Waals surface area contributed by atoms with E-state index in [9.17, 15) is 4.79 Å². The van der Waals surface area contributed by atoms with Crippen molar-refractivity contribution in [1.29, 1.82) is 0 Å². The molecule has 7 nitrogen and oxygen atoms in total. The van der Waals surface area contributed by atoms with Crippen LogP contribution in [0.4, 0.5) is 0 Å². The number of oxime groups is 1. The number of carbonyl (C=O) groups excluding carboxylic acids is 1. The Bertz CT molecular complexity index is 413. The fourth-order valence-electron chi connectivity index (χ4n) is 1.49. The van der Waals surface area contributed by atoms with Gasteiger partial charge in [-0.2, -0.15) is 5.10 Å². The van der Waals surface area contributed by atoms with Crippen molar-refractivity contribution in [2.75, 3.05) is 13.1 Å². The number of amides is 1. The molecule has 0 fully saturated rings. The van der Waals surface area contributed by atoms with Crippen molar-refractivity contribution in [3.05, 3.63) is 17.5 Å². The van der Waals surface area contributed by atoms with Gasteiger partial charge in [-0.15, -0.1) is 0 Å². The highest BCUT2D eigenvalue weighted by Crippen LogP contribution is 2.08. The Balaban J connectivity index is 2.84. The lowest BCUT2D eigenvalue weighted by molar-refractivity contribution is 0.0777. The number of hydrogen-bond acceptors (Lipinski definition) is 4. The summed E-state index contributed by atoms with van der Waals surface area (Å²) in [5.41, 5.74) is 6.62. The number of nitrogens with two attached hydrogens (primary N) is 1. The molecule has 1 aromatic heterocycles. The first-order valence-corrected chi connectivity index (χ1v) is 5.35. The van der Waals surface area contributed by atoms with Crippen LogP contribution in [-0.4, -0.2) is 45.1 Å². The van der Waals surface area contributed by atoms with E-state index < -0.39 is 0 Å². The van der Waals surface area contributed by atoms with E-state index in [4.69, 9.17) is 10.9 Å². The van der Waals surface area contributed by atoms with Crippen LogP contribution in [0.15, 0.2) is 11.4 Å². The van der Waals surface area contributed by atoms with E-state index in [1.807, 2.05) is 6.92 Å². The summed E-state index contributed by atoms with van der Waals surface area (Å²) in [5, 5.41) is 17.9. The zero-order valence-electron chi connectivity index (χ0n) is 9.97. The Hall–Kier alpha value is -2.05. The van der Waals surface area contributed by atoms with Crippen LogP contribution in [0, 0.1) is 6.92 Å². The SMILES string of the molecule is CCCN(CC(N)=NO)C(=O)c1cn[nH]c1C. The van der Waals surface area contributed by atoms with Crippen LogP contribution < -0.4 is 5.73 Å². The van der Waals surface area contributed by atoms with Gasteiger partial charge in [-0.05, 0) is 13.3 Å². The maximum atomic E-state index is 12.1. The largest absolute Gasteiger partial charge is 0.409 e. The molecule has 0 atom stereocenters. The second-order valence-electron chi connectivity index (χ2n) is 3.73. The van der Waals surface area contributed by atoms with Gasteiger partial charge in [-0.25, -0.2) is 0 Å². The number of aromatic amines is 1. The normalized spacial score (nSPS) is 11.5. The minimum absolute atomic E-state index is 0.00736. The highest BCUT2D eigenvalue weighted by atomic mass is 16.4. The van der Waals surface area contributed by atoms with E-state index in [-0.39, 0.29) is 18.3 Å². The number of rotatable bonds is 5. The van der Waals surface area contributed by atoms with Gasteiger partial charge < -0.3 is 15.8 Å². The number of nitrogens with one attached hydrogen (secondary N) is 1. The maximum Gasteiger partial charge on any atom is 0.257 e. The van der Waals surface area contributed by atoms with Crippen LogP contribution >= 0.6 is 0 Å². The Kier molecular flexibility index (Phi) is 4.50. The number of nitrogens with zero attached hydrogens (tertiary/aromatic N) is 3. The third-order valence-electron chi connectivity index (χ3n) is 2.32. The predicted molar refractivity (Wildman–Crippen MR) is 62.9 cm³/mol. The molecule has 1 heterocycles. The van der Waals surface area contributed by atoms with Gasteiger partial charge in [0.05, 0.1) is 18.3 Å². The Labute approximate surface area is 99.3 Å². The molecule has 0 aliphatic heterocycles. The minimum atomic E-state index is -0.176. The van der Waals surface area contributed by atoms with Crippen molar-refractivity contribution in [2.45, 2.75) is 20.3 Å². The molecule has 1 rings (SSSR count). The van der Waals surface area contributed by atoms with Crippen molar-refractivity contribution in [3.8, 4) is 0 Å². The second kappa shape index (κ2) is 5.88. The average Bonchev–Trinajstić information content (AvgIpc) is 2.73.